The number of phenolic OH excluding ortho intramolecular Hbond substituents is 1. The molecule has 8 heteroatoms. The van der Waals surface area contributed by atoms with Crippen LogP contribution >= 0.6 is 15.9 Å². The van der Waals surface area contributed by atoms with Gasteiger partial charge in [0.05, 0.1) is 7.11 Å². The average molecular weight is 464 g/mol. The summed E-state index contributed by atoms with van der Waals surface area (Å²) in [4.78, 5) is 23.5. The van der Waals surface area contributed by atoms with Crippen molar-refractivity contribution in [3.63, 3.8) is 0 Å². The summed E-state index contributed by atoms with van der Waals surface area (Å²) in [5.74, 6) is -0.968. The molecule has 154 valence electrons. The molecule has 2 aromatic carbocycles. The molecular weight excluding hydrogens is 442 g/mol. The molecule has 3 N–H and O–H groups in total. The van der Waals surface area contributed by atoms with Gasteiger partial charge in [-0.3, -0.25) is 5.32 Å². The van der Waals surface area contributed by atoms with E-state index >= 15 is 0 Å². The van der Waals surface area contributed by atoms with Crippen molar-refractivity contribution in [1.82, 2.24) is 0 Å². The fraction of sp³-hybridized carbons (Fsp3) is 0.238. The van der Waals surface area contributed by atoms with Gasteiger partial charge < -0.3 is 19.7 Å². The molecule has 0 aliphatic carbocycles. The summed E-state index contributed by atoms with van der Waals surface area (Å²) in [6.07, 6.45) is 0.829. The molecule has 7 nitrogen and oxygen atoms in total. The van der Waals surface area contributed by atoms with E-state index in [0.29, 0.717) is 11.3 Å². The number of benzene rings is 2. The number of halogens is 1. The van der Waals surface area contributed by atoms with Crippen molar-refractivity contribution in [2.24, 2.45) is 5.41 Å². The predicted octanol–water partition coefficient (Wildman–Crippen LogP) is 5.12. The number of amides is 1. The van der Waals surface area contributed by atoms with Crippen molar-refractivity contribution < 1.29 is 29.3 Å². The number of carboxylic acids is 1. The minimum absolute atomic E-state index is 0.120. The number of aliphatic carboxylic acids is 1. The lowest BCUT2D eigenvalue weighted by atomic mass is 9.82. The van der Waals surface area contributed by atoms with Gasteiger partial charge in [-0.15, -0.1) is 0 Å². The molecule has 0 spiro atoms. The Hall–Kier alpha value is -3.00. The minimum atomic E-state index is -1.12. The lowest BCUT2D eigenvalue weighted by molar-refractivity contribution is -0.131. The fourth-order valence-electron chi connectivity index (χ4n) is 2.68. The highest BCUT2D eigenvalue weighted by Gasteiger charge is 2.33. The van der Waals surface area contributed by atoms with Crippen LogP contribution in [-0.4, -0.2) is 29.4 Å². The number of phenols is 1. The summed E-state index contributed by atoms with van der Waals surface area (Å²) in [5, 5.41) is 21.7. The number of carboxylic acid groups (broad SMARTS) is 1. The maximum absolute atomic E-state index is 12.5. The third kappa shape index (κ3) is 6.25. The Morgan fingerprint density at radius 2 is 1.83 bits per heavy atom. The third-order valence-corrected chi connectivity index (χ3v) is 4.68. The van der Waals surface area contributed by atoms with Gasteiger partial charge in [0.2, 0.25) is 0 Å². The molecule has 0 saturated heterocycles. The number of nitrogens with one attached hydrogen (secondary N) is 1. The molecule has 29 heavy (non-hydrogen) atoms. The zero-order valence-corrected chi connectivity index (χ0v) is 17.8. The highest BCUT2D eigenvalue weighted by Crippen LogP contribution is 2.41. The van der Waals surface area contributed by atoms with Gasteiger partial charge in [0.15, 0.2) is 11.5 Å². The quantitative estimate of drug-likeness (QED) is 0.492. The van der Waals surface area contributed by atoms with Gasteiger partial charge in [0.1, 0.15) is 6.10 Å². The molecule has 0 aliphatic heterocycles. The Kier molecular flexibility index (Phi) is 7.28. The zero-order chi connectivity index (χ0) is 21.6. The van der Waals surface area contributed by atoms with Gasteiger partial charge in [-0.05, 0) is 42.0 Å². The van der Waals surface area contributed by atoms with E-state index in [4.69, 9.17) is 14.6 Å². The van der Waals surface area contributed by atoms with Gasteiger partial charge in [-0.2, -0.15) is 0 Å². The van der Waals surface area contributed by atoms with Crippen molar-refractivity contribution in [3.8, 4) is 11.5 Å². The summed E-state index contributed by atoms with van der Waals surface area (Å²) >= 11 is 3.32. The monoisotopic (exact) mass is 463 g/mol. The number of rotatable bonds is 7. The number of hydrogen-bond donors (Lipinski definition) is 3. The van der Waals surface area contributed by atoms with Crippen LogP contribution in [0.25, 0.3) is 0 Å². The molecule has 0 aliphatic rings. The van der Waals surface area contributed by atoms with Crippen LogP contribution < -0.4 is 10.1 Å². The van der Waals surface area contributed by atoms with Crippen molar-refractivity contribution in [2.75, 3.05) is 12.4 Å². The van der Waals surface area contributed by atoms with Crippen molar-refractivity contribution in [3.05, 3.63) is 64.7 Å². The fourth-order valence-corrected chi connectivity index (χ4v) is 2.94. The Bertz CT molecular complexity index is 908. The molecule has 1 atom stereocenters. The normalized spacial score (nSPS) is 12.4. The van der Waals surface area contributed by atoms with E-state index < -0.39 is 23.6 Å². The van der Waals surface area contributed by atoms with Gasteiger partial charge in [0, 0.05) is 21.7 Å². The second kappa shape index (κ2) is 9.47. The Morgan fingerprint density at radius 1 is 1.17 bits per heavy atom. The molecule has 1 amide bonds. The van der Waals surface area contributed by atoms with E-state index in [-0.39, 0.29) is 11.5 Å². The minimum Gasteiger partial charge on any atom is -0.504 e. The summed E-state index contributed by atoms with van der Waals surface area (Å²) in [6, 6.07) is 11.6. The zero-order valence-electron chi connectivity index (χ0n) is 16.2. The van der Waals surface area contributed by atoms with Crippen molar-refractivity contribution in [2.45, 2.75) is 20.0 Å². The molecule has 0 heterocycles. The van der Waals surface area contributed by atoms with E-state index in [1.807, 2.05) is 0 Å². The van der Waals surface area contributed by atoms with Crippen molar-refractivity contribution in [1.29, 1.82) is 0 Å². The lowest BCUT2D eigenvalue weighted by Crippen LogP contribution is -2.27. The summed E-state index contributed by atoms with van der Waals surface area (Å²) in [5.41, 5.74) is 0.124. The number of hydrogen-bond acceptors (Lipinski definition) is 5. The van der Waals surface area contributed by atoms with E-state index in [9.17, 15) is 14.7 Å². The molecule has 0 fully saturated rings. The number of ether oxygens (including phenoxy) is 2. The number of anilines is 1. The van der Waals surface area contributed by atoms with Crippen LogP contribution in [0.15, 0.2) is 59.1 Å². The van der Waals surface area contributed by atoms with E-state index in [1.54, 1.807) is 50.2 Å². The first kappa shape index (κ1) is 22.3. The third-order valence-electron chi connectivity index (χ3n) is 4.15. The topological polar surface area (TPSA) is 105 Å². The van der Waals surface area contributed by atoms with Gasteiger partial charge >= 0.3 is 12.1 Å². The van der Waals surface area contributed by atoms with Crippen molar-refractivity contribution >= 4 is 33.7 Å². The lowest BCUT2D eigenvalue weighted by Gasteiger charge is -2.31. The van der Waals surface area contributed by atoms with Crippen LogP contribution in [0.4, 0.5) is 10.5 Å². The summed E-state index contributed by atoms with van der Waals surface area (Å²) in [6.45, 7) is 3.45. The van der Waals surface area contributed by atoms with E-state index in [2.05, 4.69) is 21.2 Å². The SMILES string of the molecule is COc1ccc([C@@H](OC(=O)Nc2ccc(Br)cc2)C(C)(C)/C=C/C(=O)O)cc1O. The number of carbonyl (C=O) groups is 2. The number of methoxy groups -OCH3 is 1. The predicted molar refractivity (Wildman–Crippen MR) is 112 cm³/mol. The highest BCUT2D eigenvalue weighted by atomic mass is 79.9. The molecule has 0 aromatic heterocycles. The smallest absolute Gasteiger partial charge is 0.412 e. The molecular formula is C21H22BrNO6. The summed E-state index contributed by atoms with van der Waals surface area (Å²) < 4.78 is 11.6. The highest BCUT2D eigenvalue weighted by molar-refractivity contribution is 9.10. The van der Waals surface area contributed by atoms with Crippen LogP contribution in [0.3, 0.4) is 0 Å². The number of carbonyl (C=O) groups excluding carboxylic acids is 1. The maximum Gasteiger partial charge on any atom is 0.412 e. The molecule has 2 aromatic rings. The molecule has 2 rings (SSSR count). The molecule has 0 saturated carbocycles. The van der Waals surface area contributed by atoms with Crippen LogP contribution in [0.2, 0.25) is 0 Å². The molecule has 0 unspecified atom stereocenters. The van der Waals surface area contributed by atoms with Gasteiger partial charge in [0.25, 0.3) is 0 Å². The van der Waals surface area contributed by atoms with Crippen LogP contribution in [-0.2, 0) is 9.53 Å². The molecule has 0 bridgehead atoms. The standard InChI is InChI=1S/C21H22BrNO6/c1-21(2,11-10-18(25)26)19(13-4-9-17(28-3)16(24)12-13)29-20(27)23-15-7-5-14(22)6-8-15/h4-12,19,24H,1-3H3,(H,23,27)(H,25,26)/b11-10+/t19-/m1/s1. The Balaban J connectivity index is 2.33. The summed E-state index contributed by atoms with van der Waals surface area (Å²) in [7, 11) is 1.42. The second-order valence-corrected chi connectivity index (χ2v) is 7.76. The largest absolute Gasteiger partial charge is 0.504 e. The first-order chi connectivity index (χ1) is 13.6. The van der Waals surface area contributed by atoms with E-state index in [0.717, 1.165) is 10.5 Å². The maximum atomic E-state index is 12.5. The van der Waals surface area contributed by atoms with Gasteiger partial charge in [-0.1, -0.05) is 41.9 Å². The number of aromatic hydroxyl groups is 1. The van der Waals surface area contributed by atoms with Crippen LogP contribution in [0, 0.1) is 5.41 Å². The average Bonchev–Trinajstić information content (AvgIpc) is 2.66. The second-order valence-electron chi connectivity index (χ2n) is 6.84. The van der Waals surface area contributed by atoms with Crippen LogP contribution in [0.1, 0.15) is 25.5 Å². The first-order valence-corrected chi connectivity index (χ1v) is 9.44. The Morgan fingerprint density at radius 3 is 2.38 bits per heavy atom. The van der Waals surface area contributed by atoms with Gasteiger partial charge in [-0.25, -0.2) is 9.59 Å². The Labute approximate surface area is 177 Å². The van der Waals surface area contributed by atoms with Crippen LogP contribution in [0.5, 0.6) is 11.5 Å². The first-order valence-electron chi connectivity index (χ1n) is 8.64. The molecule has 0 radical (unpaired) electrons. The van der Waals surface area contributed by atoms with E-state index in [1.165, 1.54) is 19.3 Å².